The zero-order valence-corrected chi connectivity index (χ0v) is 10.6. The van der Waals surface area contributed by atoms with Crippen molar-refractivity contribution in [1.82, 2.24) is 4.90 Å². The highest BCUT2D eigenvalue weighted by Gasteiger charge is 2.23. The molecular weight excluding hydrogens is 218 g/mol. The Kier molecular flexibility index (Phi) is 4.26. The number of hydrogen-bond acceptors (Lipinski definition) is 3. The lowest BCUT2D eigenvalue weighted by Crippen LogP contribution is -2.40. The molecule has 1 atom stereocenters. The van der Waals surface area contributed by atoms with Gasteiger partial charge in [-0.15, -0.1) is 0 Å². The first-order chi connectivity index (χ1) is 7.97. The molecule has 0 heterocycles. The zero-order valence-electron chi connectivity index (χ0n) is 10.6. The highest BCUT2D eigenvalue weighted by atomic mass is 16.5. The van der Waals surface area contributed by atoms with E-state index in [1.54, 1.807) is 20.0 Å². The minimum absolute atomic E-state index is 0.0957. The van der Waals surface area contributed by atoms with Crippen molar-refractivity contribution in [3.05, 3.63) is 35.4 Å². The van der Waals surface area contributed by atoms with Crippen molar-refractivity contribution in [2.45, 2.75) is 19.9 Å². The minimum Gasteiger partial charge on any atom is -0.453 e. The average Bonchev–Trinajstić information content (AvgIpc) is 2.35. The number of rotatable bonds is 3. The van der Waals surface area contributed by atoms with E-state index in [1.165, 1.54) is 12.0 Å². The van der Waals surface area contributed by atoms with Gasteiger partial charge in [0, 0.05) is 12.6 Å². The lowest BCUT2D eigenvalue weighted by atomic mass is 10.0. The SMILES string of the molecule is COC(=O)N(C)C(C)C(=O)c1cccc(C)c1. The second-order valence-corrected chi connectivity index (χ2v) is 3.99. The third-order valence-corrected chi connectivity index (χ3v) is 2.73. The van der Waals surface area contributed by atoms with Crippen LogP contribution in [0.25, 0.3) is 0 Å². The predicted octanol–water partition coefficient (Wildman–Crippen LogP) is 2.26. The fourth-order valence-corrected chi connectivity index (χ4v) is 1.52. The molecule has 1 rings (SSSR count). The molecule has 92 valence electrons. The van der Waals surface area contributed by atoms with Crippen molar-refractivity contribution in [2.24, 2.45) is 0 Å². The molecule has 0 saturated carbocycles. The van der Waals surface area contributed by atoms with Gasteiger partial charge in [-0.05, 0) is 19.9 Å². The summed E-state index contributed by atoms with van der Waals surface area (Å²) in [6.45, 7) is 3.60. The average molecular weight is 235 g/mol. The first-order valence-electron chi connectivity index (χ1n) is 5.39. The van der Waals surface area contributed by atoms with Gasteiger partial charge in [0.15, 0.2) is 5.78 Å². The number of ether oxygens (including phenoxy) is 1. The van der Waals surface area contributed by atoms with E-state index in [-0.39, 0.29) is 5.78 Å². The number of hydrogen-bond donors (Lipinski definition) is 0. The summed E-state index contributed by atoms with van der Waals surface area (Å²) in [5.74, 6) is -0.0957. The molecular formula is C13H17NO3. The fraction of sp³-hybridized carbons (Fsp3) is 0.385. The van der Waals surface area contributed by atoms with E-state index in [1.807, 2.05) is 25.1 Å². The smallest absolute Gasteiger partial charge is 0.409 e. The quantitative estimate of drug-likeness (QED) is 0.755. The van der Waals surface area contributed by atoms with Gasteiger partial charge < -0.3 is 9.64 Å². The summed E-state index contributed by atoms with van der Waals surface area (Å²) >= 11 is 0. The molecule has 17 heavy (non-hydrogen) atoms. The standard InChI is InChI=1S/C13H17NO3/c1-9-6-5-7-11(8-9)12(15)10(2)14(3)13(16)17-4/h5-8,10H,1-4H3. The monoisotopic (exact) mass is 235 g/mol. The molecule has 0 aliphatic carbocycles. The molecule has 1 unspecified atom stereocenters. The van der Waals surface area contributed by atoms with Gasteiger partial charge in [-0.25, -0.2) is 4.79 Å². The lowest BCUT2D eigenvalue weighted by Gasteiger charge is -2.22. The highest BCUT2D eigenvalue weighted by Crippen LogP contribution is 2.10. The van der Waals surface area contributed by atoms with Gasteiger partial charge in [0.1, 0.15) is 0 Å². The number of carbonyl (C=O) groups excluding carboxylic acids is 2. The Bertz CT molecular complexity index is 428. The van der Waals surface area contributed by atoms with E-state index in [4.69, 9.17) is 0 Å². The van der Waals surface area contributed by atoms with Crippen LogP contribution in [0, 0.1) is 6.92 Å². The van der Waals surface area contributed by atoms with Gasteiger partial charge >= 0.3 is 6.09 Å². The molecule has 0 aliphatic rings. The van der Waals surface area contributed by atoms with Crippen molar-refractivity contribution in [1.29, 1.82) is 0 Å². The van der Waals surface area contributed by atoms with E-state index < -0.39 is 12.1 Å². The van der Waals surface area contributed by atoms with E-state index in [0.29, 0.717) is 5.56 Å². The molecule has 0 N–H and O–H groups in total. The largest absolute Gasteiger partial charge is 0.453 e. The molecule has 0 bridgehead atoms. The van der Waals surface area contributed by atoms with Gasteiger partial charge in [-0.3, -0.25) is 4.79 Å². The number of benzene rings is 1. The molecule has 0 fully saturated rings. The van der Waals surface area contributed by atoms with Crippen molar-refractivity contribution in [3.8, 4) is 0 Å². The second-order valence-electron chi connectivity index (χ2n) is 3.99. The van der Waals surface area contributed by atoms with Gasteiger partial charge in [0.25, 0.3) is 0 Å². The number of aryl methyl sites for hydroxylation is 1. The number of methoxy groups -OCH3 is 1. The molecule has 1 amide bonds. The van der Waals surface area contributed by atoms with Gasteiger partial charge in [0.05, 0.1) is 13.2 Å². The van der Waals surface area contributed by atoms with Crippen molar-refractivity contribution >= 4 is 11.9 Å². The normalized spacial score (nSPS) is 11.8. The molecule has 0 spiro atoms. The van der Waals surface area contributed by atoms with Crippen LogP contribution in [0.2, 0.25) is 0 Å². The van der Waals surface area contributed by atoms with Crippen LogP contribution in [0.5, 0.6) is 0 Å². The van der Waals surface area contributed by atoms with E-state index in [0.717, 1.165) is 5.56 Å². The van der Waals surface area contributed by atoms with Crippen LogP contribution in [0.15, 0.2) is 24.3 Å². The maximum absolute atomic E-state index is 12.1. The first kappa shape index (κ1) is 13.2. The topological polar surface area (TPSA) is 46.6 Å². The summed E-state index contributed by atoms with van der Waals surface area (Å²) in [6, 6.07) is 6.77. The number of likely N-dealkylation sites (N-methyl/N-ethyl adjacent to an activating group) is 1. The first-order valence-corrected chi connectivity index (χ1v) is 5.39. The van der Waals surface area contributed by atoms with Gasteiger partial charge in [0.2, 0.25) is 0 Å². The Hall–Kier alpha value is -1.84. The second kappa shape index (κ2) is 5.48. The molecule has 4 nitrogen and oxygen atoms in total. The van der Waals surface area contributed by atoms with Crippen LogP contribution in [0.4, 0.5) is 4.79 Å². The Balaban J connectivity index is 2.86. The van der Waals surface area contributed by atoms with Crippen molar-refractivity contribution in [3.63, 3.8) is 0 Å². The summed E-state index contributed by atoms with van der Waals surface area (Å²) in [5, 5.41) is 0. The van der Waals surface area contributed by atoms with E-state index in [9.17, 15) is 9.59 Å². The molecule has 0 aliphatic heterocycles. The number of nitrogens with zero attached hydrogens (tertiary/aromatic N) is 1. The Morgan fingerprint density at radius 1 is 1.35 bits per heavy atom. The van der Waals surface area contributed by atoms with E-state index in [2.05, 4.69) is 4.74 Å². The summed E-state index contributed by atoms with van der Waals surface area (Å²) in [4.78, 5) is 24.7. The number of amides is 1. The maximum Gasteiger partial charge on any atom is 0.409 e. The summed E-state index contributed by atoms with van der Waals surface area (Å²) in [5.41, 5.74) is 1.62. The minimum atomic E-state index is -0.538. The molecule has 1 aromatic carbocycles. The van der Waals surface area contributed by atoms with E-state index >= 15 is 0 Å². The third-order valence-electron chi connectivity index (χ3n) is 2.73. The number of ketones is 1. The summed E-state index contributed by atoms with van der Waals surface area (Å²) in [7, 11) is 2.84. The highest BCUT2D eigenvalue weighted by molar-refractivity contribution is 6.01. The predicted molar refractivity (Wildman–Crippen MR) is 65.1 cm³/mol. The fourth-order valence-electron chi connectivity index (χ4n) is 1.52. The van der Waals surface area contributed by atoms with Crippen LogP contribution in [-0.4, -0.2) is 37.0 Å². The summed E-state index contributed by atoms with van der Waals surface area (Å²) < 4.78 is 4.58. The molecule has 4 heteroatoms. The van der Waals surface area contributed by atoms with Gasteiger partial charge in [-0.2, -0.15) is 0 Å². The maximum atomic E-state index is 12.1. The van der Waals surface area contributed by atoms with Crippen LogP contribution in [0.3, 0.4) is 0 Å². The van der Waals surface area contributed by atoms with Crippen LogP contribution >= 0.6 is 0 Å². The lowest BCUT2D eigenvalue weighted by molar-refractivity contribution is 0.0815. The zero-order chi connectivity index (χ0) is 13.0. The number of carbonyl (C=O) groups is 2. The van der Waals surface area contributed by atoms with Crippen LogP contribution in [0.1, 0.15) is 22.8 Å². The molecule has 0 radical (unpaired) electrons. The molecule has 1 aromatic rings. The Morgan fingerprint density at radius 2 is 2.00 bits per heavy atom. The van der Waals surface area contributed by atoms with Crippen LogP contribution in [-0.2, 0) is 4.74 Å². The number of Topliss-reactive ketones (excluding diaryl/α,β-unsaturated/α-hetero) is 1. The molecule has 0 aromatic heterocycles. The van der Waals surface area contributed by atoms with Crippen molar-refractivity contribution < 1.29 is 14.3 Å². The Morgan fingerprint density at radius 3 is 2.53 bits per heavy atom. The third kappa shape index (κ3) is 3.06. The van der Waals surface area contributed by atoms with Crippen molar-refractivity contribution in [2.75, 3.05) is 14.2 Å². The Labute approximate surface area is 101 Å². The molecule has 0 saturated heterocycles. The summed E-state index contributed by atoms with van der Waals surface area (Å²) in [6.07, 6.45) is -0.515. The van der Waals surface area contributed by atoms with Crippen LogP contribution < -0.4 is 0 Å². The van der Waals surface area contributed by atoms with Gasteiger partial charge in [-0.1, -0.05) is 23.8 Å².